The highest BCUT2D eigenvalue weighted by Crippen LogP contribution is 2.24. The Morgan fingerprint density at radius 1 is 1.10 bits per heavy atom. The third-order valence-electron chi connectivity index (χ3n) is 3.80. The highest BCUT2D eigenvalue weighted by molar-refractivity contribution is 5.39. The summed E-state index contributed by atoms with van der Waals surface area (Å²) in [7, 11) is 1.92. The van der Waals surface area contributed by atoms with E-state index in [1.54, 1.807) is 12.3 Å². The van der Waals surface area contributed by atoms with Gasteiger partial charge in [-0.25, -0.2) is 4.68 Å². The van der Waals surface area contributed by atoms with Crippen molar-refractivity contribution in [3.8, 4) is 0 Å². The molecule has 1 aromatic heterocycles. The van der Waals surface area contributed by atoms with Crippen LogP contribution in [0.3, 0.4) is 0 Å². The van der Waals surface area contributed by atoms with Crippen LogP contribution in [-0.4, -0.2) is 16.8 Å². The average Bonchev–Trinajstić information content (AvgIpc) is 2.39. The van der Waals surface area contributed by atoms with Crippen molar-refractivity contribution < 1.29 is 0 Å². The maximum absolute atomic E-state index is 12.0. The Morgan fingerprint density at radius 3 is 2.24 bits per heavy atom. The second kappa shape index (κ2) is 6.22. The van der Waals surface area contributed by atoms with Crippen LogP contribution in [0.4, 0.5) is 0 Å². The molecular formula is C17H23N3O. The molecule has 0 fully saturated rings. The standard InChI is InChI=1S/C17H23N3O/c1-11-6-13(3)17(14(4)7-11)15(18-5)10-20-16(21)8-12(2)9-19-20/h6-9,15,18H,10H2,1-5H3. The summed E-state index contributed by atoms with van der Waals surface area (Å²) in [6.07, 6.45) is 1.73. The molecule has 2 aromatic rings. The van der Waals surface area contributed by atoms with Crippen molar-refractivity contribution in [2.45, 2.75) is 40.3 Å². The number of hydrogen-bond acceptors (Lipinski definition) is 3. The molecule has 1 aromatic carbocycles. The number of likely N-dealkylation sites (N-methyl/N-ethyl adjacent to an activating group) is 1. The number of aromatic nitrogens is 2. The van der Waals surface area contributed by atoms with Gasteiger partial charge in [-0.1, -0.05) is 17.7 Å². The molecule has 2 rings (SSSR count). The van der Waals surface area contributed by atoms with Crippen LogP contribution in [0.5, 0.6) is 0 Å². The maximum Gasteiger partial charge on any atom is 0.267 e. The SMILES string of the molecule is CNC(Cn1ncc(C)cc1=O)c1c(C)cc(C)cc1C. The number of aryl methyl sites for hydroxylation is 4. The van der Waals surface area contributed by atoms with E-state index in [2.05, 4.69) is 43.3 Å². The molecule has 0 saturated carbocycles. The molecule has 1 N–H and O–H groups in total. The van der Waals surface area contributed by atoms with Gasteiger partial charge in [0.2, 0.25) is 0 Å². The van der Waals surface area contributed by atoms with Crippen LogP contribution in [0.25, 0.3) is 0 Å². The smallest absolute Gasteiger partial charge is 0.267 e. The molecule has 1 heterocycles. The minimum Gasteiger partial charge on any atom is -0.311 e. The van der Waals surface area contributed by atoms with E-state index in [1.165, 1.54) is 26.9 Å². The van der Waals surface area contributed by atoms with Crippen LogP contribution < -0.4 is 10.9 Å². The van der Waals surface area contributed by atoms with E-state index < -0.39 is 0 Å². The third-order valence-corrected chi connectivity index (χ3v) is 3.80. The molecule has 0 amide bonds. The number of rotatable bonds is 4. The van der Waals surface area contributed by atoms with E-state index in [1.807, 2.05) is 14.0 Å². The molecule has 112 valence electrons. The highest BCUT2D eigenvalue weighted by Gasteiger charge is 2.16. The molecule has 0 bridgehead atoms. The molecule has 1 atom stereocenters. The zero-order valence-corrected chi connectivity index (χ0v) is 13.4. The summed E-state index contributed by atoms with van der Waals surface area (Å²) >= 11 is 0. The molecule has 1 unspecified atom stereocenters. The lowest BCUT2D eigenvalue weighted by atomic mass is 9.94. The minimum absolute atomic E-state index is 0.0577. The lowest BCUT2D eigenvalue weighted by molar-refractivity contribution is 0.448. The molecule has 4 heteroatoms. The first-order valence-electron chi connectivity index (χ1n) is 7.21. The van der Waals surface area contributed by atoms with Gasteiger partial charge in [0.15, 0.2) is 0 Å². The van der Waals surface area contributed by atoms with Gasteiger partial charge in [-0.2, -0.15) is 5.10 Å². The van der Waals surface area contributed by atoms with Crippen LogP contribution in [0.2, 0.25) is 0 Å². The summed E-state index contributed by atoms with van der Waals surface area (Å²) in [6.45, 7) is 8.74. The quantitative estimate of drug-likeness (QED) is 0.938. The molecule has 0 aliphatic heterocycles. The Labute approximate surface area is 125 Å². The average molecular weight is 285 g/mol. The van der Waals surface area contributed by atoms with Crippen LogP contribution >= 0.6 is 0 Å². The van der Waals surface area contributed by atoms with Crippen LogP contribution in [0, 0.1) is 27.7 Å². The van der Waals surface area contributed by atoms with Gasteiger partial charge in [-0.05, 0) is 57.0 Å². The Balaban J connectivity index is 2.39. The number of hydrogen-bond donors (Lipinski definition) is 1. The van der Waals surface area contributed by atoms with Crippen molar-refractivity contribution >= 4 is 0 Å². The van der Waals surface area contributed by atoms with Crippen molar-refractivity contribution in [2.75, 3.05) is 7.05 Å². The second-order valence-corrected chi connectivity index (χ2v) is 5.71. The van der Waals surface area contributed by atoms with Crippen molar-refractivity contribution in [1.82, 2.24) is 15.1 Å². The number of nitrogens with zero attached hydrogens (tertiary/aromatic N) is 2. The summed E-state index contributed by atoms with van der Waals surface area (Å²) in [5, 5.41) is 7.54. The zero-order valence-electron chi connectivity index (χ0n) is 13.4. The Hall–Kier alpha value is -1.94. The molecular weight excluding hydrogens is 262 g/mol. The Kier molecular flexibility index (Phi) is 4.58. The van der Waals surface area contributed by atoms with E-state index in [-0.39, 0.29) is 11.6 Å². The van der Waals surface area contributed by atoms with Gasteiger partial charge < -0.3 is 5.32 Å². The predicted octanol–water partition coefficient (Wildman–Crippen LogP) is 2.44. The van der Waals surface area contributed by atoms with Crippen LogP contribution in [0.15, 0.2) is 29.2 Å². The summed E-state index contributed by atoms with van der Waals surface area (Å²) < 4.78 is 1.52. The third kappa shape index (κ3) is 3.39. The minimum atomic E-state index is -0.0577. The Bertz CT molecular complexity index is 680. The molecule has 0 saturated heterocycles. The van der Waals surface area contributed by atoms with Crippen molar-refractivity contribution in [1.29, 1.82) is 0 Å². The van der Waals surface area contributed by atoms with Crippen molar-refractivity contribution in [3.63, 3.8) is 0 Å². The molecule has 0 aliphatic rings. The fraction of sp³-hybridized carbons (Fsp3) is 0.412. The van der Waals surface area contributed by atoms with Gasteiger partial charge >= 0.3 is 0 Å². The van der Waals surface area contributed by atoms with Gasteiger partial charge in [-0.15, -0.1) is 0 Å². The fourth-order valence-corrected chi connectivity index (χ4v) is 2.90. The largest absolute Gasteiger partial charge is 0.311 e. The van der Waals surface area contributed by atoms with E-state index in [0.717, 1.165) is 5.56 Å². The van der Waals surface area contributed by atoms with Gasteiger partial charge in [0.25, 0.3) is 5.56 Å². The Morgan fingerprint density at radius 2 is 1.71 bits per heavy atom. The van der Waals surface area contributed by atoms with E-state index in [0.29, 0.717) is 6.54 Å². The highest BCUT2D eigenvalue weighted by atomic mass is 16.1. The second-order valence-electron chi connectivity index (χ2n) is 5.71. The van der Waals surface area contributed by atoms with Crippen LogP contribution in [-0.2, 0) is 6.54 Å². The lowest BCUT2D eigenvalue weighted by Crippen LogP contribution is -2.31. The topological polar surface area (TPSA) is 46.9 Å². The van der Waals surface area contributed by atoms with E-state index in [4.69, 9.17) is 0 Å². The molecule has 21 heavy (non-hydrogen) atoms. The van der Waals surface area contributed by atoms with Gasteiger partial charge in [0, 0.05) is 6.07 Å². The van der Waals surface area contributed by atoms with Gasteiger partial charge in [0.1, 0.15) is 0 Å². The predicted molar refractivity (Wildman–Crippen MR) is 85.7 cm³/mol. The first-order valence-corrected chi connectivity index (χ1v) is 7.21. The van der Waals surface area contributed by atoms with Crippen molar-refractivity contribution in [3.05, 3.63) is 62.6 Å². The van der Waals surface area contributed by atoms with Gasteiger partial charge in [-0.3, -0.25) is 4.79 Å². The summed E-state index contributed by atoms with van der Waals surface area (Å²) in [5.74, 6) is 0. The fourth-order valence-electron chi connectivity index (χ4n) is 2.90. The first-order chi connectivity index (χ1) is 9.92. The number of nitrogens with one attached hydrogen (secondary N) is 1. The number of benzene rings is 1. The normalized spacial score (nSPS) is 12.4. The lowest BCUT2D eigenvalue weighted by Gasteiger charge is -2.22. The molecule has 0 radical (unpaired) electrons. The van der Waals surface area contributed by atoms with Crippen molar-refractivity contribution in [2.24, 2.45) is 0 Å². The maximum atomic E-state index is 12.0. The molecule has 4 nitrogen and oxygen atoms in total. The summed E-state index contributed by atoms with van der Waals surface area (Å²) in [6, 6.07) is 6.04. The first kappa shape index (κ1) is 15.4. The summed E-state index contributed by atoms with van der Waals surface area (Å²) in [5.41, 5.74) is 5.82. The van der Waals surface area contributed by atoms with Crippen LogP contribution in [0.1, 0.15) is 33.9 Å². The van der Waals surface area contributed by atoms with Gasteiger partial charge in [0.05, 0.1) is 18.8 Å². The van der Waals surface area contributed by atoms with E-state index >= 15 is 0 Å². The molecule has 0 aliphatic carbocycles. The summed E-state index contributed by atoms with van der Waals surface area (Å²) in [4.78, 5) is 12.0. The monoisotopic (exact) mass is 285 g/mol. The molecule has 0 spiro atoms. The zero-order chi connectivity index (χ0) is 15.6. The van der Waals surface area contributed by atoms with E-state index in [9.17, 15) is 4.79 Å².